The molecular weight excluding hydrogens is 397 g/mol. The van der Waals surface area contributed by atoms with Crippen LogP contribution in [0.2, 0.25) is 0 Å². The number of hydrogen-bond donors (Lipinski definition) is 1. The van der Waals surface area contributed by atoms with E-state index in [1.165, 1.54) is 12.1 Å². The SMILES string of the molecule is Cc1ccc(C(CNC(=O)C2CCCCN2Cc2ccc(F)cc2)N2CCOCC2)o1. The predicted molar refractivity (Wildman–Crippen MR) is 116 cm³/mol. The number of furan rings is 1. The number of benzene rings is 1. The number of rotatable bonds is 7. The molecule has 0 spiro atoms. The van der Waals surface area contributed by atoms with Crippen molar-refractivity contribution in [3.05, 3.63) is 59.3 Å². The second kappa shape index (κ2) is 10.4. The zero-order valence-electron chi connectivity index (χ0n) is 18.2. The van der Waals surface area contributed by atoms with Crippen molar-refractivity contribution in [3.63, 3.8) is 0 Å². The molecule has 2 unspecified atom stereocenters. The van der Waals surface area contributed by atoms with Crippen LogP contribution in [0.1, 0.15) is 42.4 Å². The minimum atomic E-state index is -0.237. The van der Waals surface area contributed by atoms with E-state index in [0.29, 0.717) is 26.3 Å². The molecule has 2 saturated heterocycles. The second-order valence-corrected chi connectivity index (χ2v) is 8.47. The van der Waals surface area contributed by atoms with Crippen LogP contribution in [0.25, 0.3) is 0 Å². The number of halogens is 1. The average molecular weight is 430 g/mol. The zero-order chi connectivity index (χ0) is 21.6. The monoisotopic (exact) mass is 429 g/mol. The average Bonchev–Trinajstić information content (AvgIpc) is 3.22. The largest absolute Gasteiger partial charge is 0.465 e. The van der Waals surface area contributed by atoms with Gasteiger partial charge in [0.2, 0.25) is 5.91 Å². The highest BCUT2D eigenvalue weighted by Gasteiger charge is 2.31. The molecule has 2 aliphatic rings. The molecule has 4 rings (SSSR count). The minimum Gasteiger partial charge on any atom is -0.465 e. The summed E-state index contributed by atoms with van der Waals surface area (Å²) in [5, 5.41) is 3.20. The summed E-state index contributed by atoms with van der Waals surface area (Å²) in [5.74, 6) is 1.58. The number of nitrogens with zero attached hydrogens (tertiary/aromatic N) is 2. The van der Waals surface area contributed by atoms with Gasteiger partial charge in [-0.05, 0) is 56.1 Å². The molecule has 168 valence electrons. The lowest BCUT2D eigenvalue weighted by Gasteiger charge is -2.36. The minimum absolute atomic E-state index is 0.00399. The van der Waals surface area contributed by atoms with E-state index in [4.69, 9.17) is 9.15 Å². The summed E-state index contributed by atoms with van der Waals surface area (Å²) in [6.07, 6.45) is 2.96. The topological polar surface area (TPSA) is 58.0 Å². The smallest absolute Gasteiger partial charge is 0.237 e. The molecule has 2 aromatic rings. The molecule has 1 amide bonds. The first-order chi connectivity index (χ1) is 15.1. The summed E-state index contributed by atoms with van der Waals surface area (Å²) in [5.41, 5.74) is 1.03. The van der Waals surface area contributed by atoms with Gasteiger partial charge in [-0.2, -0.15) is 0 Å². The highest BCUT2D eigenvalue weighted by molar-refractivity contribution is 5.81. The number of carbonyl (C=O) groups is 1. The highest BCUT2D eigenvalue weighted by Crippen LogP contribution is 2.24. The summed E-state index contributed by atoms with van der Waals surface area (Å²) in [6, 6.07) is 10.4. The van der Waals surface area contributed by atoms with Gasteiger partial charge in [0.25, 0.3) is 0 Å². The number of carbonyl (C=O) groups excluding carboxylic acids is 1. The van der Waals surface area contributed by atoms with Crippen LogP contribution in [0, 0.1) is 12.7 Å². The number of morpholine rings is 1. The van der Waals surface area contributed by atoms with E-state index in [9.17, 15) is 9.18 Å². The van der Waals surface area contributed by atoms with Crippen molar-refractivity contribution in [2.75, 3.05) is 39.4 Å². The van der Waals surface area contributed by atoms with Crippen molar-refractivity contribution in [1.82, 2.24) is 15.1 Å². The van der Waals surface area contributed by atoms with Gasteiger partial charge in [-0.15, -0.1) is 0 Å². The van der Waals surface area contributed by atoms with E-state index < -0.39 is 0 Å². The third-order valence-corrected chi connectivity index (χ3v) is 6.26. The summed E-state index contributed by atoms with van der Waals surface area (Å²) in [6.45, 7) is 7.00. The Morgan fingerprint density at radius 3 is 2.61 bits per heavy atom. The Kier molecular flexibility index (Phi) is 7.37. The molecule has 1 aromatic carbocycles. The number of amides is 1. The number of hydrogen-bond acceptors (Lipinski definition) is 5. The zero-order valence-corrected chi connectivity index (χ0v) is 18.2. The number of ether oxygens (including phenoxy) is 1. The van der Waals surface area contributed by atoms with Crippen LogP contribution in [-0.2, 0) is 16.1 Å². The molecule has 0 aliphatic carbocycles. The Labute approximate surface area is 183 Å². The summed E-state index contributed by atoms with van der Waals surface area (Å²) < 4.78 is 24.7. The fraction of sp³-hybridized carbons (Fsp3) is 0.542. The van der Waals surface area contributed by atoms with Gasteiger partial charge in [0, 0.05) is 26.2 Å². The Bertz CT molecular complexity index is 848. The molecule has 1 aromatic heterocycles. The van der Waals surface area contributed by atoms with Crippen LogP contribution < -0.4 is 5.32 Å². The molecule has 0 saturated carbocycles. The normalized spacial score (nSPS) is 21.7. The van der Waals surface area contributed by atoms with Crippen LogP contribution in [0.15, 0.2) is 40.8 Å². The summed E-state index contributed by atoms with van der Waals surface area (Å²) in [7, 11) is 0. The van der Waals surface area contributed by atoms with Gasteiger partial charge < -0.3 is 14.5 Å². The van der Waals surface area contributed by atoms with Gasteiger partial charge in [0.1, 0.15) is 17.3 Å². The van der Waals surface area contributed by atoms with E-state index in [2.05, 4.69) is 15.1 Å². The maximum absolute atomic E-state index is 13.2. The van der Waals surface area contributed by atoms with Crippen LogP contribution in [0.3, 0.4) is 0 Å². The molecular formula is C24H32FN3O3. The van der Waals surface area contributed by atoms with Gasteiger partial charge in [-0.25, -0.2) is 4.39 Å². The van der Waals surface area contributed by atoms with Crippen LogP contribution in [-0.4, -0.2) is 61.1 Å². The molecule has 31 heavy (non-hydrogen) atoms. The Hall–Kier alpha value is -2.22. The Morgan fingerprint density at radius 1 is 1.13 bits per heavy atom. The van der Waals surface area contributed by atoms with Gasteiger partial charge in [-0.1, -0.05) is 18.6 Å². The molecule has 3 heterocycles. The lowest BCUT2D eigenvalue weighted by atomic mass is 10.00. The number of likely N-dealkylation sites (tertiary alicyclic amines) is 1. The van der Waals surface area contributed by atoms with E-state index in [1.54, 1.807) is 12.1 Å². The van der Waals surface area contributed by atoms with Crippen molar-refractivity contribution in [3.8, 4) is 0 Å². The quantitative estimate of drug-likeness (QED) is 0.732. The summed E-state index contributed by atoms with van der Waals surface area (Å²) >= 11 is 0. The molecule has 6 nitrogen and oxygen atoms in total. The fourth-order valence-corrected chi connectivity index (χ4v) is 4.55. The lowest BCUT2D eigenvalue weighted by Crippen LogP contribution is -2.51. The lowest BCUT2D eigenvalue weighted by molar-refractivity contribution is -0.128. The van der Waals surface area contributed by atoms with Crippen molar-refractivity contribution in [2.45, 2.75) is 44.8 Å². The van der Waals surface area contributed by atoms with Gasteiger partial charge in [0.15, 0.2) is 0 Å². The maximum Gasteiger partial charge on any atom is 0.237 e. The van der Waals surface area contributed by atoms with E-state index in [0.717, 1.165) is 56.0 Å². The van der Waals surface area contributed by atoms with Crippen molar-refractivity contribution in [2.24, 2.45) is 0 Å². The van der Waals surface area contributed by atoms with Crippen LogP contribution in [0.4, 0.5) is 4.39 Å². The first kappa shape index (κ1) is 22.0. The standard InChI is InChI=1S/C24H32FN3O3/c1-18-5-10-23(31-18)22(27-12-14-30-15-13-27)16-26-24(29)21-4-2-3-11-28(21)17-19-6-8-20(25)9-7-19/h5-10,21-22H,2-4,11-17H2,1H3,(H,26,29). The Balaban J connectivity index is 1.41. The third-order valence-electron chi connectivity index (χ3n) is 6.26. The van der Waals surface area contributed by atoms with Crippen molar-refractivity contribution >= 4 is 5.91 Å². The fourth-order valence-electron chi connectivity index (χ4n) is 4.55. The second-order valence-electron chi connectivity index (χ2n) is 8.47. The molecule has 0 radical (unpaired) electrons. The highest BCUT2D eigenvalue weighted by atomic mass is 19.1. The summed E-state index contributed by atoms with van der Waals surface area (Å²) in [4.78, 5) is 17.7. The van der Waals surface area contributed by atoms with Crippen LogP contribution in [0.5, 0.6) is 0 Å². The predicted octanol–water partition coefficient (Wildman–Crippen LogP) is 3.27. The molecule has 2 atom stereocenters. The third kappa shape index (κ3) is 5.73. The molecule has 7 heteroatoms. The van der Waals surface area contributed by atoms with E-state index in [-0.39, 0.29) is 23.8 Å². The van der Waals surface area contributed by atoms with Gasteiger partial charge >= 0.3 is 0 Å². The Morgan fingerprint density at radius 2 is 1.90 bits per heavy atom. The number of nitrogens with one attached hydrogen (secondary N) is 1. The van der Waals surface area contributed by atoms with E-state index in [1.807, 2.05) is 19.1 Å². The van der Waals surface area contributed by atoms with Gasteiger partial charge in [-0.3, -0.25) is 14.6 Å². The van der Waals surface area contributed by atoms with Crippen molar-refractivity contribution in [1.29, 1.82) is 0 Å². The maximum atomic E-state index is 13.2. The first-order valence-corrected chi connectivity index (χ1v) is 11.2. The van der Waals surface area contributed by atoms with Crippen molar-refractivity contribution < 1.29 is 18.3 Å². The van der Waals surface area contributed by atoms with E-state index >= 15 is 0 Å². The van der Waals surface area contributed by atoms with Gasteiger partial charge in [0.05, 0.1) is 25.3 Å². The molecule has 1 N–H and O–H groups in total. The number of aryl methyl sites for hydroxylation is 1. The number of piperidine rings is 1. The molecule has 0 bridgehead atoms. The van der Waals surface area contributed by atoms with Crippen LogP contribution >= 0.6 is 0 Å². The molecule has 2 fully saturated rings. The molecule has 2 aliphatic heterocycles. The first-order valence-electron chi connectivity index (χ1n) is 11.2.